The van der Waals surface area contributed by atoms with E-state index < -0.39 is 0 Å². The first-order chi connectivity index (χ1) is 7.16. The van der Waals surface area contributed by atoms with Crippen molar-refractivity contribution in [2.45, 2.75) is 13.0 Å². The maximum absolute atomic E-state index is 5.61. The highest BCUT2D eigenvalue weighted by Crippen LogP contribution is 2.25. The van der Waals surface area contributed by atoms with Gasteiger partial charge >= 0.3 is 0 Å². The molecule has 0 amide bonds. The second-order valence-electron chi connectivity index (χ2n) is 3.42. The summed E-state index contributed by atoms with van der Waals surface area (Å²) in [4.78, 5) is 4.02. The van der Waals surface area contributed by atoms with Crippen LogP contribution < -0.4 is 11.5 Å². The summed E-state index contributed by atoms with van der Waals surface area (Å²) >= 11 is 0. The fraction of sp³-hybridized carbons (Fsp3) is 0.182. The van der Waals surface area contributed by atoms with Crippen molar-refractivity contribution < 1.29 is 4.42 Å². The highest BCUT2D eigenvalue weighted by molar-refractivity contribution is 5.78. The quantitative estimate of drug-likeness (QED) is 0.576. The van der Waals surface area contributed by atoms with Gasteiger partial charge in [0.2, 0.25) is 0 Å². The van der Waals surface area contributed by atoms with Crippen LogP contribution in [0.3, 0.4) is 0 Å². The van der Waals surface area contributed by atoms with Gasteiger partial charge in [0.15, 0.2) is 5.96 Å². The van der Waals surface area contributed by atoms with Crippen molar-refractivity contribution in [2.24, 2.45) is 16.5 Å². The van der Waals surface area contributed by atoms with Gasteiger partial charge in [0, 0.05) is 5.39 Å². The predicted octanol–water partition coefficient (Wildman–Crippen LogP) is 1.77. The third-order valence-corrected chi connectivity index (χ3v) is 2.20. The van der Waals surface area contributed by atoms with Crippen LogP contribution in [-0.4, -0.2) is 5.96 Å². The van der Waals surface area contributed by atoms with Gasteiger partial charge in [0.05, 0.1) is 0 Å². The molecule has 78 valence electrons. The monoisotopic (exact) mass is 203 g/mol. The molecule has 1 heterocycles. The fourth-order valence-electron chi connectivity index (χ4n) is 1.50. The maximum atomic E-state index is 5.61. The summed E-state index contributed by atoms with van der Waals surface area (Å²) in [6.07, 6.45) is 0. The van der Waals surface area contributed by atoms with Crippen LogP contribution in [0.4, 0.5) is 0 Å². The van der Waals surface area contributed by atoms with Gasteiger partial charge in [-0.05, 0) is 19.1 Å². The van der Waals surface area contributed by atoms with Crippen molar-refractivity contribution in [3.8, 4) is 0 Å². The molecule has 0 saturated heterocycles. The minimum atomic E-state index is -0.151. The average molecular weight is 203 g/mol. The van der Waals surface area contributed by atoms with E-state index in [4.69, 9.17) is 15.9 Å². The number of hydrogen-bond donors (Lipinski definition) is 2. The Kier molecular flexibility index (Phi) is 2.33. The number of benzene rings is 1. The molecule has 0 aliphatic carbocycles. The average Bonchev–Trinajstić information content (AvgIpc) is 2.59. The molecule has 1 aromatic heterocycles. The summed E-state index contributed by atoms with van der Waals surface area (Å²) in [6.45, 7) is 1.89. The standard InChI is InChI=1S/C11H13N3O/c1-7(14-11(12)13)10-6-8-4-2-3-5-9(8)15-10/h2-7H,1H3,(H4,12,13,14). The number of rotatable bonds is 2. The SMILES string of the molecule is CC(N=C(N)N)c1cc2ccccc2o1. The Morgan fingerprint density at radius 3 is 2.73 bits per heavy atom. The zero-order valence-corrected chi connectivity index (χ0v) is 8.47. The molecular weight excluding hydrogens is 190 g/mol. The van der Waals surface area contributed by atoms with Gasteiger partial charge in [-0.1, -0.05) is 18.2 Å². The van der Waals surface area contributed by atoms with Gasteiger partial charge in [0.25, 0.3) is 0 Å². The van der Waals surface area contributed by atoms with E-state index in [1.54, 1.807) is 0 Å². The largest absolute Gasteiger partial charge is 0.459 e. The lowest BCUT2D eigenvalue weighted by Gasteiger charge is -2.01. The van der Waals surface area contributed by atoms with Gasteiger partial charge in [-0.2, -0.15) is 0 Å². The van der Waals surface area contributed by atoms with Gasteiger partial charge in [-0.25, -0.2) is 4.99 Å². The number of guanidine groups is 1. The lowest BCUT2D eigenvalue weighted by Crippen LogP contribution is -2.23. The van der Waals surface area contributed by atoms with Crippen molar-refractivity contribution in [2.75, 3.05) is 0 Å². The molecule has 15 heavy (non-hydrogen) atoms. The van der Waals surface area contributed by atoms with Gasteiger partial charge in [-0.15, -0.1) is 0 Å². The molecular formula is C11H13N3O. The summed E-state index contributed by atoms with van der Waals surface area (Å²) in [5.41, 5.74) is 11.5. The van der Waals surface area contributed by atoms with Crippen LogP contribution >= 0.6 is 0 Å². The molecule has 1 unspecified atom stereocenters. The number of furan rings is 1. The normalized spacial score (nSPS) is 12.6. The molecule has 0 aliphatic heterocycles. The summed E-state index contributed by atoms with van der Waals surface area (Å²) in [5, 5.41) is 1.06. The first kappa shape index (κ1) is 9.58. The molecule has 0 spiro atoms. The number of aliphatic imine (C=N–C) groups is 1. The smallest absolute Gasteiger partial charge is 0.186 e. The molecule has 2 rings (SSSR count). The topological polar surface area (TPSA) is 77.5 Å². The van der Waals surface area contributed by atoms with E-state index in [9.17, 15) is 0 Å². The van der Waals surface area contributed by atoms with Crippen LogP contribution in [0.2, 0.25) is 0 Å². The van der Waals surface area contributed by atoms with E-state index in [1.807, 2.05) is 37.3 Å². The van der Waals surface area contributed by atoms with Crippen molar-refractivity contribution in [3.63, 3.8) is 0 Å². The third kappa shape index (κ3) is 1.93. The van der Waals surface area contributed by atoms with Gasteiger partial charge < -0.3 is 15.9 Å². The van der Waals surface area contributed by atoms with Crippen molar-refractivity contribution >= 4 is 16.9 Å². The minimum absolute atomic E-state index is 0.0722. The van der Waals surface area contributed by atoms with Crippen LogP contribution in [0.15, 0.2) is 39.7 Å². The van der Waals surface area contributed by atoms with E-state index >= 15 is 0 Å². The molecule has 4 N–H and O–H groups in total. The second kappa shape index (κ2) is 3.65. The molecule has 1 atom stereocenters. The van der Waals surface area contributed by atoms with Crippen molar-refractivity contribution in [1.82, 2.24) is 0 Å². The Morgan fingerprint density at radius 2 is 2.07 bits per heavy atom. The molecule has 1 aromatic carbocycles. The molecule has 0 aliphatic rings. The molecule has 0 radical (unpaired) electrons. The summed E-state index contributed by atoms with van der Waals surface area (Å²) in [7, 11) is 0. The fourth-order valence-corrected chi connectivity index (χ4v) is 1.50. The van der Waals surface area contributed by atoms with Crippen molar-refractivity contribution in [3.05, 3.63) is 36.1 Å². The van der Waals surface area contributed by atoms with Crippen LogP contribution in [0.5, 0.6) is 0 Å². The lowest BCUT2D eigenvalue weighted by molar-refractivity contribution is 0.514. The molecule has 4 heteroatoms. The first-order valence-electron chi connectivity index (χ1n) is 4.74. The lowest BCUT2D eigenvalue weighted by atomic mass is 10.2. The minimum Gasteiger partial charge on any atom is -0.459 e. The van der Waals surface area contributed by atoms with E-state index in [0.29, 0.717) is 0 Å². The van der Waals surface area contributed by atoms with Gasteiger partial charge in [0.1, 0.15) is 17.4 Å². The number of fused-ring (bicyclic) bond motifs is 1. The first-order valence-corrected chi connectivity index (χ1v) is 4.74. The zero-order valence-electron chi connectivity index (χ0n) is 8.47. The molecule has 0 saturated carbocycles. The Hall–Kier alpha value is -1.97. The molecule has 0 bridgehead atoms. The second-order valence-corrected chi connectivity index (χ2v) is 3.42. The summed E-state index contributed by atoms with van der Waals surface area (Å²) < 4.78 is 5.61. The number of nitrogens with zero attached hydrogens (tertiary/aromatic N) is 1. The molecule has 4 nitrogen and oxygen atoms in total. The summed E-state index contributed by atoms with van der Waals surface area (Å²) in [5.74, 6) is 0.840. The van der Waals surface area contributed by atoms with Gasteiger partial charge in [-0.3, -0.25) is 0 Å². The van der Waals surface area contributed by atoms with Crippen LogP contribution in [-0.2, 0) is 0 Å². The zero-order chi connectivity index (χ0) is 10.8. The van der Waals surface area contributed by atoms with E-state index in [-0.39, 0.29) is 12.0 Å². The molecule has 0 fully saturated rings. The number of nitrogens with two attached hydrogens (primary N) is 2. The highest BCUT2D eigenvalue weighted by atomic mass is 16.3. The predicted molar refractivity (Wildman–Crippen MR) is 60.4 cm³/mol. The Morgan fingerprint density at radius 1 is 1.33 bits per heavy atom. The van der Waals surface area contributed by atoms with E-state index in [2.05, 4.69) is 4.99 Å². The van der Waals surface area contributed by atoms with Crippen molar-refractivity contribution in [1.29, 1.82) is 0 Å². The summed E-state index contributed by atoms with van der Waals surface area (Å²) in [6, 6.07) is 9.61. The van der Waals surface area contributed by atoms with E-state index in [0.717, 1.165) is 16.7 Å². The Labute approximate surface area is 87.6 Å². The number of para-hydroxylation sites is 1. The van der Waals surface area contributed by atoms with Crippen LogP contribution in [0.1, 0.15) is 18.7 Å². The number of hydrogen-bond acceptors (Lipinski definition) is 2. The van der Waals surface area contributed by atoms with E-state index in [1.165, 1.54) is 0 Å². The van der Waals surface area contributed by atoms with Crippen LogP contribution in [0, 0.1) is 0 Å². The Bertz CT molecular complexity index is 464. The maximum Gasteiger partial charge on any atom is 0.186 e. The highest BCUT2D eigenvalue weighted by Gasteiger charge is 2.09. The van der Waals surface area contributed by atoms with Crippen LogP contribution in [0.25, 0.3) is 11.0 Å². The Balaban J connectivity index is 2.40. The third-order valence-electron chi connectivity index (χ3n) is 2.20. The molecule has 2 aromatic rings.